The molecule has 2 fully saturated rings. The van der Waals surface area contributed by atoms with E-state index in [1.54, 1.807) is 4.90 Å². The van der Waals surface area contributed by atoms with Gasteiger partial charge in [-0.1, -0.05) is 12.1 Å². The molecular weight excluding hydrogens is 454 g/mol. The summed E-state index contributed by atoms with van der Waals surface area (Å²) in [7, 11) is 0. The number of imide groups is 1. The lowest BCUT2D eigenvalue weighted by molar-refractivity contribution is -0.136. The van der Waals surface area contributed by atoms with E-state index in [0.717, 1.165) is 48.5 Å². The van der Waals surface area contributed by atoms with Gasteiger partial charge in [0.2, 0.25) is 11.8 Å². The van der Waals surface area contributed by atoms with Gasteiger partial charge in [-0.25, -0.2) is 0 Å². The van der Waals surface area contributed by atoms with Crippen LogP contribution in [0.2, 0.25) is 0 Å². The van der Waals surface area contributed by atoms with Crippen molar-refractivity contribution >= 4 is 34.3 Å². The van der Waals surface area contributed by atoms with Crippen molar-refractivity contribution in [2.75, 3.05) is 18.4 Å². The van der Waals surface area contributed by atoms with E-state index >= 15 is 0 Å². The molecule has 2 aromatic carbocycles. The number of hydrogen-bond acceptors (Lipinski definition) is 6. The van der Waals surface area contributed by atoms with E-state index in [1.165, 1.54) is 10.9 Å². The molecule has 0 spiro atoms. The number of nitrogens with one attached hydrogen (secondary N) is 2. The van der Waals surface area contributed by atoms with Gasteiger partial charge >= 0.3 is 0 Å². The van der Waals surface area contributed by atoms with Gasteiger partial charge in [0.25, 0.3) is 5.91 Å². The molecule has 3 aliphatic heterocycles. The fraction of sp³-hybridized carbons (Fsp3) is 0.357. The number of rotatable bonds is 5. The number of amides is 3. The van der Waals surface area contributed by atoms with Gasteiger partial charge in [-0.15, -0.1) is 0 Å². The lowest BCUT2D eigenvalue weighted by atomic mass is 10.0. The first-order valence-corrected chi connectivity index (χ1v) is 12.6. The highest BCUT2D eigenvalue weighted by molar-refractivity contribution is 6.05. The number of anilines is 1. The molecule has 0 bridgehead atoms. The molecule has 2 N–H and O–H groups in total. The van der Waals surface area contributed by atoms with Crippen LogP contribution >= 0.6 is 0 Å². The molecule has 184 valence electrons. The minimum atomic E-state index is -0.586. The van der Waals surface area contributed by atoms with Crippen LogP contribution in [0.4, 0.5) is 5.69 Å². The Bertz CT molecular complexity index is 1390. The highest BCUT2D eigenvalue weighted by Crippen LogP contribution is 2.30. The van der Waals surface area contributed by atoms with Crippen molar-refractivity contribution in [2.24, 2.45) is 0 Å². The number of likely N-dealkylation sites (tertiary alicyclic amines) is 1. The number of pyridine rings is 1. The number of fused-ring (bicyclic) bond motifs is 2. The van der Waals surface area contributed by atoms with Crippen molar-refractivity contribution in [1.29, 1.82) is 0 Å². The van der Waals surface area contributed by atoms with Crippen molar-refractivity contribution in [3.63, 3.8) is 0 Å². The zero-order valence-electron chi connectivity index (χ0n) is 20.3. The number of nitrogens with zero attached hydrogens (tertiary/aromatic N) is 3. The molecule has 2 saturated heterocycles. The molecule has 3 aliphatic rings. The van der Waals surface area contributed by atoms with Crippen molar-refractivity contribution in [3.05, 3.63) is 70.9 Å². The number of carbonyl (C=O) groups excluding carboxylic acids is 3. The van der Waals surface area contributed by atoms with Crippen LogP contribution in [0.15, 0.2) is 48.5 Å². The summed E-state index contributed by atoms with van der Waals surface area (Å²) in [4.78, 5) is 45.3. The Hall–Kier alpha value is -3.78. The van der Waals surface area contributed by atoms with E-state index in [0.29, 0.717) is 24.6 Å². The standard InChI is InChI=1S/C28H29N5O3/c1-17-2-4-19-12-18(3-7-24(19)29-17)14-32-11-10-22(16-32)30-21-5-6-23-20(13-21)15-33(28(23)36)25-8-9-26(34)31-27(25)35/h2-7,12-13,22,25,30H,8-11,14-16H2,1H3,(H,31,34,35)/t22-,25?/m0/s1. The molecule has 0 aliphatic carbocycles. The molecule has 8 nitrogen and oxygen atoms in total. The fourth-order valence-corrected chi connectivity index (χ4v) is 5.63. The summed E-state index contributed by atoms with van der Waals surface area (Å²) in [6.45, 7) is 5.28. The molecule has 0 saturated carbocycles. The van der Waals surface area contributed by atoms with Gasteiger partial charge in [0.05, 0.1) is 5.52 Å². The van der Waals surface area contributed by atoms with Gasteiger partial charge in [0.1, 0.15) is 6.04 Å². The van der Waals surface area contributed by atoms with E-state index in [2.05, 4.69) is 50.8 Å². The van der Waals surface area contributed by atoms with Crippen LogP contribution in [0.25, 0.3) is 10.9 Å². The Balaban J connectivity index is 1.08. The van der Waals surface area contributed by atoms with Crippen LogP contribution < -0.4 is 10.6 Å². The van der Waals surface area contributed by atoms with Crippen LogP contribution in [-0.4, -0.2) is 57.7 Å². The molecule has 1 unspecified atom stereocenters. The smallest absolute Gasteiger partial charge is 0.255 e. The molecule has 0 radical (unpaired) electrons. The van der Waals surface area contributed by atoms with E-state index in [-0.39, 0.29) is 24.1 Å². The van der Waals surface area contributed by atoms with Crippen LogP contribution in [0.1, 0.15) is 46.4 Å². The van der Waals surface area contributed by atoms with Crippen LogP contribution in [0, 0.1) is 6.92 Å². The molecule has 3 aromatic rings. The molecule has 4 heterocycles. The summed E-state index contributed by atoms with van der Waals surface area (Å²) < 4.78 is 0. The summed E-state index contributed by atoms with van der Waals surface area (Å²) in [5, 5.41) is 7.17. The monoisotopic (exact) mass is 483 g/mol. The second kappa shape index (κ2) is 9.02. The van der Waals surface area contributed by atoms with Crippen molar-refractivity contribution in [2.45, 2.75) is 51.4 Å². The number of hydrogen-bond donors (Lipinski definition) is 2. The second-order valence-electron chi connectivity index (χ2n) is 10.1. The predicted octanol–water partition coefficient (Wildman–Crippen LogP) is 2.99. The minimum Gasteiger partial charge on any atom is -0.381 e. The normalized spacial score (nSPS) is 22.2. The molecule has 36 heavy (non-hydrogen) atoms. The maximum Gasteiger partial charge on any atom is 0.255 e. The minimum absolute atomic E-state index is 0.140. The highest BCUT2D eigenvalue weighted by Gasteiger charge is 2.39. The Morgan fingerprint density at radius 2 is 1.94 bits per heavy atom. The first kappa shape index (κ1) is 22.7. The lowest BCUT2D eigenvalue weighted by Gasteiger charge is -2.29. The van der Waals surface area contributed by atoms with Crippen molar-refractivity contribution < 1.29 is 14.4 Å². The molecule has 2 atom stereocenters. The van der Waals surface area contributed by atoms with E-state index in [4.69, 9.17) is 0 Å². The van der Waals surface area contributed by atoms with Crippen molar-refractivity contribution in [1.82, 2.24) is 20.1 Å². The number of carbonyl (C=O) groups is 3. The topological polar surface area (TPSA) is 94.6 Å². The number of aromatic nitrogens is 1. The van der Waals surface area contributed by atoms with Gasteiger partial charge in [-0.3, -0.25) is 29.6 Å². The van der Waals surface area contributed by atoms with Crippen molar-refractivity contribution in [3.8, 4) is 0 Å². The average Bonchev–Trinajstić information content (AvgIpc) is 3.42. The first-order chi connectivity index (χ1) is 17.4. The maximum atomic E-state index is 12.9. The summed E-state index contributed by atoms with van der Waals surface area (Å²) in [5.74, 6) is -0.793. The number of piperidine rings is 1. The summed E-state index contributed by atoms with van der Waals surface area (Å²) in [6.07, 6.45) is 1.69. The number of aryl methyl sites for hydroxylation is 1. The Morgan fingerprint density at radius 1 is 1.06 bits per heavy atom. The van der Waals surface area contributed by atoms with Crippen LogP contribution in [0.5, 0.6) is 0 Å². The zero-order chi connectivity index (χ0) is 24.8. The summed E-state index contributed by atoms with van der Waals surface area (Å²) in [6, 6.07) is 16.3. The third kappa shape index (κ3) is 4.33. The third-order valence-electron chi connectivity index (χ3n) is 7.47. The SMILES string of the molecule is Cc1ccc2cc(CN3CC[C@H](Nc4ccc5c(c4)CN(C4CCC(=O)NC4=O)C5=O)C3)ccc2n1. The summed E-state index contributed by atoms with van der Waals surface area (Å²) >= 11 is 0. The average molecular weight is 484 g/mol. The van der Waals surface area contributed by atoms with Gasteiger partial charge < -0.3 is 10.2 Å². The fourth-order valence-electron chi connectivity index (χ4n) is 5.63. The highest BCUT2D eigenvalue weighted by atomic mass is 16.2. The number of benzene rings is 2. The van der Waals surface area contributed by atoms with Gasteiger partial charge in [0, 0.05) is 61.0 Å². The van der Waals surface area contributed by atoms with Gasteiger partial charge in [0.15, 0.2) is 0 Å². The molecular formula is C28H29N5O3. The largest absolute Gasteiger partial charge is 0.381 e. The second-order valence-corrected chi connectivity index (χ2v) is 10.1. The van der Waals surface area contributed by atoms with Crippen LogP contribution in [-0.2, 0) is 22.7 Å². The summed E-state index contributed by atoms with van der Waals surface area (Å²) in [5.41, 5.74) is 5.90. The quantitative estimate of drug-likeness (QED) is 0.542. The lowest BCUT2D eigenvalue weighted by Crippen LogP contribution is -2.52. The van der Waals surface area contributed by atoms with Gasteiger partial charge in [-0.05, 0) is 67.3 Å². The first-order valence-electron chi connectivity index (χ1n) is 12.6. The maximum absolute atomic E-state index is 12.9. The zero-order valence-corrected chi connectivity index (χ0v) is 20.3. The van der Waals surface area contributed by atoms with Crippen LogP contribution in [0.3, 0.4) is 0 Å². The van der Waals surface area contributed by atoms with Gasteiger partial charge in [-0.2, -0.15) is 0 Å². The molecule has 3 amide bonds. The van der Waals surface area contributed by atoms with E-state index < -0.39 is 6.04 Å². The molecule has 6 rings (SSSR count). The molecule has 1 aromatic heterocycles. The third-order valence-corrected chi connectivity index (χ3v) is 7.47. The Labute approximate surface area is 209 Å². The van der Waals surface area contributed by atoms with E-state index in [1.807, 2.05) is 25.1 Å². The Kier molecular flexibility index (Phi) is 5.68. The van der Waals surface area contributed by atoms with E-state index in [9.17, 15) is 14.4 Å². The Morgan fingerprint density at radius 3 is 2.81 bits per heavy atom. The molecule has 8 heteroatoms. The predicted molar refractivity (Wildman–Crippen MR) is 136 cm³/mol.